The third kappa shape index (κ3) is 3.20. The van der Waals surface area contributed by atoms with E-state index in [1.165, 1.54) is 46.1 Å². The minimum Gasteiger partial charge on any atom is -0.466 e. The van der Waals surface area contributed by atoms with Crippen molar-refractivity contribution in [3.8, 4) is 5.75 Å². The van der Waals surface area contributed by atoms with Gasteiger partial charge in [-0.1, -0.05) is 61.0 Å². The highest BCUT2D eigenvalue weighted by atomic mass is 16.5. The Morgan fingerprint density at radius 1 is 1.00 bits per heavy atom. The van der Waals surface area contributed by atoms with Gasteiger partial charge in [0.05, 0.1) is 11.8 Å². The van der Waals surface area contributed by atoms with Crippen molar-refractivity contribution in [3.63, 3.8) is 0 Å². The third-order valence-electron chi connectivity index (χ3n) is 7.41. The molecule has 1 spiro atoms. The highest BCUT2D eigenvalue weighted by Crippen LogP contribution is 2.50. The molecule has 4 nitrogen and oxygen atoms in total. The van der Waals surface area contributed by atoms with E-state index in [-0.39, 0.29) is 11.8 Å². The Morgan fingerprint density at radius 2 is 1.81 bits per heavy atom. The van der Waals surface area contributed by atoms with Gasteiger partial charge in [-0.05, 0) is 48.4 Å². The van der Waals surface area contributed by atoms with Crippen LogP contribution >= 0.6 is 0 Å². The Morgan fingerprint density at radius 3 is 2.62 bits per heavy atom. The van der Waals surface area contributed by atoms with Gasteiger partial charge in [-0.25, -0.2) is 5.01 Å². The molecule has 0 radical (unpaired) electrons. The fourth-order valence-corrected chi connectivity index (χ4v) is 5.72. The van der Waals surface area contributed by atoms with Crippen molar-refractivity contribution in [2.24, 2.45) is 5.10 Å². The summed E-state index contributed by atoms with van der Waals surface area (Å²) in [6.07, 6.45) is 4.11. The first-order valence-corrected chi connectivity index (χ1v) is 12.0. The van der Waals surface area contributed by atoms with Gasteiger partial charge in [0.1, 0.15) is 5.75 Å². The Labute approximate surface area is 190 Å². The second kappa shape index (κ2) is 7.63. The molecule has 0 saturated carbocycles. The van der Waals surface area contributed by atoms with E-state index in [4.69, 9.17) is 9.84 Å². The number of benzene rings is 3. The summed E-state index contributed by atoms with van der Waals surface area (Å²) in [4.78, 5) is 2.57. The number of aryl methyl sites for hydroxylation is 1. The van der Waals surface area contributed by atoms with Gasteiger partial charge in [0, 0.05) is 37.9 Å². The number of hydrogen-bond donors (Lipinski definition) is 0. The first-order chi connectivity index (χ1) is 15.6. The molecule has 1 unspecified atom stereocenters. The van der Waals surface area contributed by atoms with E-state index >= 15 is 0 Å². The van der Waals surface area contributed by atoms with Gasteiger partial charge >= 0.3 is 0 Å². The molecule has 3 aromatic rings. The molecule has 0 bridgehead atoms. The molecule has 1 fully saturated rings. The van der Waals surface area contributed by atoms with Crippen molar-refractivity contribution in [2.45, 2.75) is 51.3 Å². The topological polar surface area (TPSA) is 28.1 Å². The lowest BCUT2D eigenvalue weighted by molar-refractivity contribution is -0.149. The van der Waals surface area contributed by atoms with Gasteiger partial charge in [0.25, 0.3) is 0 Å². The van der Waals surface area contributed by atoms with Gasteiger partial charge in [0.15, 0.2) is 0 Å². The van der Waals surface area contributed by atoms with Gasteiger partial charge in [-0.3, -0.25) is 0 Å². The number of hydrazone groups is 1. The maximum absolute atomic E-state index is 6.80. The van der Waals surface area contributed by atoms with Gasteiger partial charge in [-0.2, -0.15) is 5.10 Å². The molecular formula is C28H31N3O. The van der Waals surface area contributed by atoms with Crippen molar-refractivity contribution in [1.29, 1.82) is 0 Å². The van der Waals surface area contributed by atoms with Gasteiger partial charge in [0.2, 0.25) is 5.72 Å². The van der Waals surface area contributed by atoms with Crippen molar-refractivity contribution >= 4 is 16.5 Å². The van der Waals surface area contributed by atoms with E-state index in [1.54, 1.807) is 0 Å². The van der Waals surface area contributed by atoms with Crippen LogP contribution in [0.2, 0.25) is 0 Å². The SMILES string of the molecule is CCCN1CCC2(CC1)Oc1ccc(C)cc1C1CC(c3ccc4ccccc4c3)=NN12. The highest BCUT2D eigenvalue weighted by molar-refractivity contribution is 6.04. The largest absolute Gasteiger partial charge is 0.466 e. The minimum absolute atomic E-state index is 0.248. The average molecular weight is 426 g/mol. The molecular weight excluding hydrogens is 394 g/mol. The van der Waals surface area contributed by atoms with Crippen molar-refractivity contribution < 1.29 is 4.74 Å². The predicted octanol–water partition coefficient (Wildman–Crippen LogP) is 5.89. The molecule has 3 heterocycles. The zero-order chi connectivity index (χ0) is 21.7. The van der Waals surface area contributed by atoms with Crippen LogP contribution in [0, 0.1) is 6.92 Å². The van der Waals surface area contributed by atoms with Gasteiger partial charge < -0.3 is 9.64 Å². The number of nitrogens with zero attached hydrogens (tertiary/aromatic N) is 3. The van der Waals surface area contributed by atoms with Crippen LogP contribution < -0.4 is 4.74 Å². The van der Waals surface area contributed by atoms with Crippen molar-refractivity contribution in [1.82, 2.24) is 9.91 Å². The quantitative estimate of drug-likeness (QED) is 0.523. The summed E-state index contributed by atoms with van der Waals surface area (Å²) in [6, 6.07) is 22.2. The zero-order valence-corrected chi connectivity index (χ0v) is 19.1. The van der Waals surface area contributed by atoms with Crippen LogP contribution in [0.1, 0.15) is 55.3 Å². The molecule has 0 N–H and O–H groups in total. The van der Waals surface area contributed by atoms with E-state index in [1.807, 2.05) is 0 Å². The van der Waals surface area contributed by atoms with Crippen LogP contribution in [-0.2, 0) is 0 Å². The number of hydrogen-bond acceptors (Lipinski definition) is 4. The summed E-state index contributed by atoms with van der Waals surface area (Å²) in [5, 5.41) is 10.2. The molecule has 0 amide bonds. The lowest BCUT2D eigenvalue weighted by atomic mass is 9.90. The highest BCUT2D eigenvalue weighted by Gasteiger charge is 2.51. The van der Waals surface area contributed by atoms with Crippen molar-refractivity contribution in [3.05, 3.63) is 77.4 Å². The lowest BCUT2D eigenvalue weighted by Crippen LogP contribution is -2.59. The number of rotatable bonds is 3. The molecule has 32 heavy (non-hydrogen) atoms. The summed E-state index contributed by atoms with van der Waals surface area (Å²) >= 11 is 0. The van der Waals surface area contributed by atoms with Crippen LogP contribution in [-0.4, -0.2) is 41.0 Å². The lowest BCUT2D eigenvalue weighted by Gasteiger charge is -2.51. The number of ether oxygens (including phenoxy) is 1. The van der Waals surface area contributed by atoms with Crippen LogP contribution in [0.5, 0.6) is 5.75 Å². The maximum Gasteiger partial charge on any atom is 0.200 e. The molecule has 1 saturated heterocycles. The molecule has 0 aromatic heterocycles. The number of piperidine rings is 1. The maximum atomic E-state index is 6.80. The molecule has 3 aliphatic heterocycles. The van der Waals surface area contributed by atoms with E-state index in [0.29, 0.717) is 0 Å². The molecule has 6 rings (SSSR count). The second-order valence-electron chi connectivity index (χ2n) is 9.60. The van der Waals surface area contributed by atoms with Crippen molar-refractivity contribution in [2.75, 3.05) is 19.6 Å². The standard InChI is InChI=1S/C28H31N3O/c1-3-14-30-15-12-28(13-16-30)31-26(24-17-20(2)8-11-27(24)32-28)19-25(29-31)23-10-9-21-6-4-5-7-22(21)18-23/h4-11,17-18,26H,3,12-16,19H2,1-2H3. The molecule has 164 valence electrons. The van der Waals surface area contributed by atoms with E-state index in [9.17, 15) is 0 Å². The van der Waals surface area contributed by atoms with Crippen LogP contribution in [0.3, 0.4) is 0 Å². The Hall–Kier alpha value is -2.85. The van der Waals surface area contributed by atoms with Crippen LogP contribution in [0.4, 0.5) is 0 Å². The number of likely N-dealkylation sites (tertiary alicyclic amines) is 1. The average Bonchev–Trinajstić information content (AvgIpc) is 3.28. The zero-order valence-electron chi connectivity index (χ0n) is 19.1. The molecule has 4 heteroatoms. The van der Waals surface area contributed by atoms with Crippen LogP contribution in [0.15, 0.2) is 65.8 Å². The first kappa shape index (κ1) is 19.8. The summed E-state index contributed by atoms with van der Waals surface area (Å²) in [6.45, 7) is 7.73. The smallest absolute Gasteiger partial charge is 0.200 e. The second-order valence-corrected chi connectivity index (χ2v) is 9.60. The predicted molar refractivity (Wildman–Crippen MR) is 130 cm³/mol. The summed E-state index contributed by atoms with van der Waals surface area (Å²) < 4.78 is 6.80. The number of fused-ring (bicyclic) bond motifs is 5. The van der Waals surface area contributed by atoms with E-state index in [0.717, 1.165) is 38.1 Å². The van der Waals surface area contributed by atoms with E-state index in [2.05, 4.69) is 84.4 Å². The van der Waals surface area contributed by atoms with E-state index < -0.39 is 0 Å². The Balaban J connectivity index is 1.40. The monoisotopic (exact) mass is 425 g/mol. The molecule has 3 aromatic carbocycles. The Bertz CT molecular complexity index is 1190. The molecule has 3 aliphatic rings. The van der Waals surface area contributed by atoms with Crippen LogP contribution in [0.25, 0.3) is 10.8 Å². The first-order valence-electron chi connectivity index (χ1n) is 12.0. The normalized spacial score (nSPS) is 21.9. The minimum atomic E-state index is -0.338. The summed E-state index contributed by atoms with van der Waals surface area (Å²) in [5.74, 6) is 1.05. The fraction of sp³-hybridized carbons (Fsp3) is 0.393. The molecule has 1 atom stereocenters. The Kier molecular flexibility index (Phi) is 4.72. The fourth-order valence-electron chi connectivity index (χ4n) is 5.72. The third-order valence-corrected chi connectivity index (χ3v) is 7.41. The summed E-state index contributed by atoms with van der Waals surface area (Å²) in [7, 11) is 0. The molecule has 0 aliphatic carbocycles. The van der Waals surface area contributed by atoms with Gasteiger partial charge in [-0.15, -0.1) is 0 Å². The summed E-state index contributed by atoms with van der Waals surface area (Å²) in [5.41, 5.74) is 4.63.